The molecule has 2 aromatic rings. The molecule has 1 atom stereocenters. The molecule has 0 spiro atoms. The summed E-state index contributed by atoms with van der Waals surface area (Å²) in [6.07, 6.45) is 4.06. The molecule has 0 aliphatic rings. The number of nitrogens with zero attached hydrogens (tertiary/aromatic N) is 2. The van der Waals surface area contributed by atoms with Crippen molar-refractivity contribution in [2.75, 3.05) is 6.54 Å². The van der Waals surface area contributed by atoms with Crippen molar-refractivity contribution < 1.29 is 5.11 Å². The van der Waals surface area contributed by atoms with Crippen LogP contribution in [0.3, 0.4) is 0 Å². The number of aliphatic hydroxyl groups excluding tert-OH is 1. The van der Waals surface area contributed by atoms with Crippen molar-refractivity contribution in [1.29, 1.82) is 0 Å². The maximum Gasteiger partial charge on any atom is 0.0958 e. The molecule has 0 aromatic carbocycles. The van der Waals surface area contributed by atoms with Crippen LogP contribution in [0.15, 0.2) is 23.8 Å². The van der Waals surface area contributed by atoms with Crippen LogP contribution in [0.4, 0.5) is 0 Å². The number of hydrogen-bond donors (Lipinski definition) is 2. The van der Waals surface area contributed by atoms with E-state index >= 15 is 0 Å². The van der Waals surface area contributed by atoms with Crippen LogP contribution < -0.4 is 5.73 Å². The molecule has 0 radical (unpaired) electrons. The maximum atomic E-state index is 9.43. The molecule has 0 aliphatic carbocycles. The number of aromatic nitrogens is 2. The summed E-state index contributed by atoms with van der Waals surface area (Å²) < 4.78 is 1.99. The van der Waals surface area contributed by atoms with E-state index in [9.17, 15) is 5.11 Å². The Hall–Kier alpha value is -1.17. The van der Waals surface area contributed by atoms with E-state index < -0.39 is 6.10 Å². The first-order chi connectivity index (χ1) is 7.69. The quantitative estimate of drug-likeness (QED) is 0.834. The van der Waals surface area contributed by atoms with Crippen molar-refractivity contribution in [3.05, 3.63) is 28.8 Å². The SMILES string of the molecule is Cn1ccc(-c2csc(CC(O)CN)n2)c1. The lowest BCUT2D eigenvalue weighted by Gasteiger charge is -2.02. The molecule has 0 aliphatic heterocycles. The fourth-order valence-corrected chi connectivity index (χ4v) is 2.35. The Balaban J connectivity index is 2.13. The van der Waals surface area contributed by atoms with Crippen LogP contribution in [-0.2, 0) is 13.5 Å². The van der Waals surface area contributed by atoms with Gasteiger partial charge in [0.1, 0.15) is 0 Å². The highest BCUT2D eigenvalue weighted by Gasteiger charge is 2.09. The monoisotopic (exact) mass is 237 g/mol. The second-order valence-corrected chi connectivity index (χ2v) is 4.73. The van der Waals surface area contributed by atoms with Gasteiger partial charge in [0.05, 0.1) is 16.8 Å². The van der Waals surface area contributed by atoms with E-state index in [2.05, 4.69) is 4.98 Å². The zero-order valence-electron chi connectivity index (χ0n) is 9.13. The lowest BCUT2D eigenvalue weighted by molar-refractivity contribution is 0.183. The summed E-state index contributed by atoms with van der Waals surface area (Å²) in [7, 11) is 1.98. The molecule has 2 rings (SSSR count). The molecule has 2 heterocycles. The molecule has 4 nitrogen and oxygen atoms in total. The second kappa shape index (κ2) is 4.78. The molecule has 0 bridgehead atoms. The molecule has 0 fully saturated rings. The molecule has 5 heteroatoms. The molecule has 3 N–H and O–H groups in total. The smallest absolute Gasteiger partial charge is 0.0958 e. The first kappa shape index (κ1) is 11.3. The third-order valence-electron chi connectivity index (χ3n) is 2.36. The van der Waals surface area contributed by atoms with Gasteiger partial charge >= 0.3 is 0 Å². The summed E-state index contributed by atoms with van der Waals surface area (Å²) in [6, 6.07) is 2.03. The van der Waals surface area contributed by atoms with Gasteiger partial charge in [-0.3, -0.25) is 0 Å². The first-order valence-corrected chi connectivity index (χ1v) is 6.02. The lowest BCUT2D eigenvalue weighted by Crippen LogP contribution is -2.21. The minimum atomic E-state index is -0.491. The number of thiazole rings is 1. The number of aryl methyl sites for hydroxylation is 1. The van der Waals surface area contributed by atoms with Crippen molar-refractivity contribution >= 4 is 11.3 Å². The Morgan fingerprint density at radius 2 is 2.44 bits per heavy atom. The number of hydrogen-bond acceptors (Lipinski definition) is 4. The standard InChI is InChI=1S/C11H15N3OS/c1-14-3-2-8(6-14)10-7-16-11(13-10)4-9(15)5-12/h2-3,6-7,9,15H,4-5,12H2,1H3. The minimum absolute atomic E-state index is 0.278. The molecule has 16 heavy (non-hydrogen) atoms. The van der Waals surface area contributed by atoms with Gasteiger partial charge in [0.2, 0.25) is 0 Å². The molecule has 86 valence electrons. The average Bonchev–Trinajstić information content (AvgIpc) is 2.87. The van der Waals surface area contributed by atoms with Crippen LogP contribution in [0, 0.1) is 0 Å². The van der Waals surface area contributed by atoms with Crippen LogP contribution in [0.2, 0.25) is 0 Å². The van der Waals surface area contributed by atoms with Gasteiger partial charge in [-0.25, -0.2) is 4.98 Å². The van der Waals surface area contributed by atoms with Gasteiger partial charge in [-0.05, 0) is 6.07 Å². The number of aliphatic hydroxyl groups is 1. The summed E-state index contributed by atoms with van der Waals surface area (Å²) in [6.45, 7) is 0.278. The average molecular weight is 237 g/mol. The van der Waals surface area contributed by atoms with Crippen LogP contribution in [0.25, 0.3) is 11.3 Å². The molecule has 0 amide bonds. The zero-order chi connectivity index (χ0) is 11.5. The Morgan fingerprint density at radius 3 is 3.06 bits per heavy atom. The van der Waals surface area contributed by atoms with Gasteiger partial charge in [-0.15, -0.1) is 11.3 Å². The molecule has 0 saturated heterocycles. The third kappa shape index (κ3) is 2.49. The summed E-state index contributed by atoms with van der Waals surface area (Å²) in [5.41, 5.74) is 7.43. The van der Waals surface area contributed by atoms with E-state index in [-0.39, 0.29) is 6.54 Å². The van der Waals surface area contributed by atoms with E-state index in [1.165, 1.54) is 0 Å². The van der Waals surface area contributed by atoms with Crippen molar-refractivity contribution in [2.24, 2.45) is 12.8 Å². The zero-order valence-corrected chi connectivity index (χ0v) is 9.94. The Bertz CT molecular complexity index is 463. The number of rotatable bonds is 4. The fourth-order valence-electron chi connectivity index (χ4n) is 1.48. The molecule has 0 saturated carbocycles. The Morgan fingerprint density at radius 1 is 1.62 bits per heavy atom. The van der Waals surface area contributed by atoms with Crippen molar-refractivity contribution in [3.63, 3.8) is 0 Å². The van der Waals surface area contributed by atoms with Gasteiger partial charge in [0.25, 0.3) is 0 Å². The predicted molar refractivity (Wildman–Crippen MR) is 65.3 cm³/mol. The van der Waals surface area contributed by atoms with Gasteiger partial charge < -0.3 is 15.4 Å². The fraction of sp³-hybridized carbons (Fsp3) is 0.364. The van der Waals surface area contributed by atoms with Crippen molar-refractivity contribution in [3.8, 4) is 11.3 Å². The summed E-state index contributed by atoms with van der Waals surface area (Å²) >= 11 is 1.56. The molecule has 2 aromatic heterocycles. The van der Waals surface area contributed by atoms with Crippen molar-refractivity contribution in [1.82, 2.24) is 9.55 Å². The largest absolute Gasteiger partial charge is 0.391 e. The van der Waals surface area contributed by atoms with Gasteiger partial charge in [-0.1, -0.05) is 0 Å². The molecular weight excluding hydrogens is 222 g/mol. The highest BCUT2D eigenvalue weighted by Crippen LogP contribution is 2.22. The highest BCUT2D eigenvalue weighted by atomic mass is 32.1. The van der Waals surface area contributed by atoms with Gasteiger partial charge in [0.15, 0.2) is 0 Å². The first-order valence-electron chi connectivity index (χ1n) is 5.14. The minimum Gasteiger partial charge on any atom is -0.391 e. The lowest BCUT2D eigenvalue weighted by atomic mass is 10.2. The van der Waals surface area contributed by atoms with Crippen LogP contribution in [-0.4, -0.2) is 27.3 Å². The third-order valence-corrected chi connectivity index (χ3v) is 3.23. The molecular formula is C11H15N3OS. The maximum absolute atomic E-state index is 9.43. The highest BCUT2D eigenvalue weighted by molar-refractivity contribution is 7.09. The molecule has 1 unspecified atom stereocenters. The van der Waals surface area contributed by atoms with E-state index in [0.29, 0.717) is 6.42 Å². The van der Waals surface area contributed by atoms with E-state index in [1.54, 1.807) is 11.3 Å². The second-order valence-electron chi connectivity index (χ2n) is 3.79. The van der Waals surface area contributed by atoms with E-state index in [1.807, 2.05) is 35.5 Å². The summed E-state index contributed by atoms with van der Waals surface area (Å²) in [5.74, 6) is 0. The van der Waals surface area contributed by atoms with Gasteiger partial charge in [-0.2, -0.15) is 0 Å². The van der Waals surface area contributed by atoms with E-state index in [4.69, 9.17) is 5.73 Å². The van der Waals surface area contributed by atoms with Crippen molar-refractivity contribution in [2.45, 2.75) is 12.5 Å². The Kier molecular flexibility index (Phi) is 3.38. The Labute approximate surface area is 98.4 Å². The van der Waals surface area contributed by atoms with E-state index in [0.717, 1.165) is 16.3 Å². The van der Waals surface area contributed by atoms with Crippen LogP contribution in [0.1, 0.15) is 5.01 Å². The van der Waals surface area contributed by atoms with Crippen LogP contribution in [0.5, 0.6) is 0 Å². The number of nitrogens with two attached hydrogens (primary N) is 1. The van der Waals surface area contributed by atoms with Gasteiger partial charge in [0, 0.05) is 43.4 Å². The summed E-state index contributed by atoms with van der Waals surface area (Å²) in [5, 5.41) is 12.4. The summed E-state index contributed by atoms with van der Waals surface area (Å²) in [4.78, 5) is 4.47. The van der Waals surface area contributed by atoms with Crippen LogP contribution >= 0.6 is 11.3 Å². The predicted octanol–water partition coefficient (Wildman–Crippen LogP) is 1.01. The topological polar surface area (TPSA) is 64.1 Å². The normalized spacial score (nSPS) is 12.9.